The monoisotopic (exact) mass is 237 g/mol. The topological polar surface area (TPSA) is 119 Å². The summed E-state index contributed by atoms with van der Waals surface area (Å²) < 4.78 is 4.71. The van der Waals surface area contributed by atoms with E-state index in [0.717, 1.165) is 0 Å². The van der Waals surface area contributed by atoms with E-state index in [1.54, 1.807) is 7.05 Å². The van der Waals surface area contributed by atoms with Crippen molar-refractivity contribution in [2.75, 3.05) is 13.7 Å². The Morgan fingerprint density at radius 3 is 2.31 bits per heavy atom. The first-order valence-corrected chi connectivity index (χ1v) is 4.91. The molecule has 16 heavy (non-hydrogen) atoms. The largest absolute Gasteiger partial charge is 0.394 e. The van der Waals surface area contributed by atoms with Gasteiger partial charge in [0, 0.05) is 20.4 Å². The van der Waals surface area contributed by atoms with E-state index in [9.17, 15) is 4.79 Å². The second-order valence-corrected chi connectivity index (χ2v) is 3.41. The molecule has 4 unspecified atom stereocenters. The molecule has 1 heterocycles. The van der Waals surface area contributed by atoms with Crippen molar-refractivity contribution in [1.82, 2.24) is 5.32 Å². The van der Waals surface area contributed by atoms with Crippen molar-refractivity contribution in [2.45, 2.75) is 37.9 Å². The van der Waals surface area contributed by atoms with Gasteiger partial charge < -0.3 is 30.5 Å². The standard InChI is InChI=1S/C6H12O5.C3H7NO/c7-2-4-6(10)3(8)1-5(9)11-4;1-3(5)4-2/h3-10H,1-2H2;1-2H3,(H,4,5). The van der Waals surface area contributed by atoms with Crippen LogP contribution in [0.25, 0.3) is 0 Å². The van der Waals surface area contributed by atoms with Crippen molar-refractivity contribution < 1.29 is 30.0 Å². The van der Waals surface area contributed by atoms with E-state index in [-0.39, 0.29) is 12.3 Å². The normalized spacial score (nSPS) is 33.6. The third kappa shape index (κ3) is 5.38. The number of hydrogen-bond acceptors (Lipinski definition) is 6. The van der Waals surface area contributed by atoms with Gasteiger partial charge >= 0.3 is 0 Å². The molecule has 1 aliphatic heterocycles. The van der Waals surface area contributed by atoms with Gasteiger partial charge in [0.25, 0.3) is 0 Å². The summed E-state index contributed by atoms with van der Waals surface area (Å²) in [6, 6.07) is 0. The Balaban J connectivity index is 0.000000385. The van der Waals surface area contributed by atoms with E-state index in [4.69, 9.17) is 25.2 Å². The van der Waals surface area contributed by atoms with Crippen molar-refractivity contribution in [3.05, 3.63) is 0 Å². The molecule has 96 valence electrons. The first-order chi connectivity index (χ1) is 7.42. The fourth-order valence-electron chi connectivity index (χ4n) is 1.08. The molecular formula is C9H19NO6. The van der Waals surface area contributed by atoms with Gasteiger partial charge in [-0.05, 0) is 0 Å². The molecule has 1 rings (SSSR count). The van der Waals surface area contributed by atoms with E-state index in [2.05, 4.69) is 5.32 Å². The predicted molar refractivity (Wildman–Crippen MR) is 54.3 cm³/mol. The highest BCUT2D eigenvalue weighted by Gasteiger charge is 2.35. The molecule has 0 aromatic heterocycles. The Kier molecular flexibility index (Phi) is 7.18. The highest BCUT2D eigenvalue weighted by Crippen LogP contribution is 2.18. The molecule has 4 atom stereocenters. The van der Waals surface area contributed by atoms with Gasteiger partial charge in [-0.25, -0.2) is 0 Å². The Labute approximate surface area is 93.7 Å². The minimum atomic E-state index is -1.11. The number of nitrogens with one attached hydrogen (secondary N) is 1. The highest BCUT2D eigenvalue weighted by atomic mass is 16.6. The van der Waals surface area contributed by atoms with Crippen molar-refractivity contribution in [2.24, 2.45) is 0 Å². The molecule has 1 aliphatic rings. The maximum Gasteiger partial charge on any atom is 0.216 e. The van der Waals surface area contributed by atoms with Crippen LogP contribution in [0.15, 0.2) is 0 Å². The third-order valence-electron chi connectivity index (χ3n) is 2.08. The Morgan fingerprint density at radius 2 is 1.94 bits per heavy atom. The third-order valence-corrected chi connectivity index (χ3v) is 2.08. The minimum Gasteiger partial charge on any atom is -0.394 e. The SMILES string of the molecule is CNC(C)=O.OCC1OC(O)CC(O)C1O. The average Bonchev–Trinajstić information content (AvgIpc) is 2.24. The van der Waals surface area contributed by atoms with Crippen LogP contribution in [0, 0.1) is 0 Å². The summed E-state index contributed by atoms with van der Waals surface area (Å²) in [6.07, 6.45) is -4.11. The van der Waals surface area contributed by atoms with Crippen LogP contribution in [-0.4, -0.2) is 64.6 Å². The molecule has 1 saturated heterocycles. The first kappa shape index (κ1) is 15.3. The second-order valence-electron chi connectivity index (χ2n) is 3.41. The summed E-state index contributed by atoms with van der Waals surface area (Å²) in [5, 5.41) is 38.0. The van der Waals surface area contributed by atoms with Crippen molar-refractivity contribution in [3.8, 4) is 0 Å². The van der Waals surface area contributed by atoms with Crippen LogP contribution in [0.3, 0.4) is 0 Å². The van der Waals surface area contributed by atoms with Crippen molar-refractivity contribution in [1.29, 1.82) is 0 Å². The summed E-state index contributed by atoms with van der Waals surface area (Å²) >= 11 is 0. The molecule has 0 spiro atoms. The molecule has 0 aromatic rings. The van der Waals surface area contributed by atoms with Crippen molar-refractivity contribution >= 4 is 5.91 Å². The van der Waals surface area contributed by atoms with Gasteiger partial charge in [0.15, 0.2) is 6.29 Å². The summed E-state index contributed by atoms with van der Waals surface area (Å²) in [4.78, 5) is 9.70. The van der Waals surface area contributed by atoms with Gasteiger partial charge in [0.05, 0.1) is 12.7 Å². The molecule has 5 N–H and O–H groups in total. The molecule has 0 radical (unpaired) electrons. The molecule has 0 aromatic carbocycles. The fraction of sp³-hybridized carbons (Fsp3) is 0.889. The molecule has 1 fully saturated rings. The van der Waals surface area contributed by atoms with E-state index in [0.29, 0.717) is 0 Å². The van der Waals surface area contributed by atoms with Gasteiger partial charge in [-0.3, -0.25) is 4.79 Å². The van der Waals surface area contributed by atoms with Crippen LogP contribution in [0.1, 0.15) is 13.3 Å². The summed E-state index contributed by atoms with van der Waals surface area (Å²) in [7, 11) is 1.60. The fourth-order valence-corrected chi connectivity index (χ4v) is 1.08. The summed E-state index contributed by atoms with van der Waals surface area (Å²) in [5.74, 6) is 0.00463. The van der Waals surface area contributed by atoms with Crippen LogP contribution in [0.4, 0.5) is 0 Å². The zero-order chi connectivity index (χ0) is 12.7. The summed E-state index contributed by atoms with van der Waals surface area (Å²) in [6.45, 7) is 1.06. The lowest BCUT2D eigenvalue weighted by molar-refractivity contribution is -0.239. The number of ether oxygens (including phenoxy) is 1. The zero-order valence-corrected chi connectivity index (χ0v) is 9.33. The van der Waals surface area contributed by atoms with E-state index >= 15 is 0 Å². The average molecular weight is 237 g/mol. The summed E-state index contributed by atoms with van der Waals surface area (Å²) in [5.41, 5.74) is 0. The van der Waals surface area contributed by atoms with Gasteiger partial charge in [-0.2, -0.15) is 0 Å². The van der Waals surface area contributed by atoms with Crippen LogP contribution in [-0.2, 0) is 9.53 Å². The van der Waals surface area contributed by atoms with E-state index in [1.165, 1.54) is 6.92 Å². The highest BCUT2D eigenvalue weighted by molar-refractivity contribution is 5.72. The first-order valence-electron chi connectivity index (χ1n) is 4.91. The molecule has 0 aliphatic carbocycles. The Hall–Kier alpha value is -0.730. The molecule has 1 amide bonds. The lowest BCUT2D eigenvalue weighted by Gasteiger charge is -2.33. The lowest BCUT2D eigenvalue weighted by atomic mass is 10.0. The smallest absolute Gasteiger partial charge is 0.216 e. The number of amides is 1. The van der Waals surface area contributed by atoms with E-state index < -0.39 is 31.2 Å². The number of carbonyl (C=O) groups is 1. The molecule has 7 heteroatoms. The maximum absolute atomic E-state index is 9.70. The van der Waals surface area contributed by atoms with Crippen LogP contribution in [0.2, 0.25) is 0 Å². The second kappa shape index (κ2) is 7.53. The molecule has 0 bridgehead atoms. The number of rotatable bonds is 1. The Morgan fingerprint density at radius 1 is 1.44 bits per heavy atom. The van der Waals surface area contributed by atoms with Gasteiger partial charge in [0.1, 0.15) is 12.2 Å². The number of hydrogen-bond donors (Lipinski definition) is 5. The van der Waals surface area contributed by atoms with Gasteiger partial charge in [0.2, 0.25) is 5.91 Å². The Bertz CT molecular complexity index is 212. The minimum absolute atomic E-state index is 0.00463. The lowest BCUT2D eigenvalue weighted by Crippen LogP contribution is -2.49. The number of carbonyl (C=O) groups excluding carboxylic acids is 1. The van der Waals surface area contributed by atoms with Crippen molar-refractivity contribution in [3.63, 3.8) is 0 Å². The number of aliphatic hydroxyl groups excluding tert-OH is 4. The van der Waals surface area contributed by atoms with Gasteiger partial charge in [-0.15, -0.1) is 0 Å². The maximum atomic E-state index is 9.70. The quantitative estimate of drug-likeness (QED) is 0.346. The van der Waals surface area contributed by atoms with Crippen LogP contribution in [0.5, 0.6) is 0 Å². The zero-order valence-electron chi connectivity index (χ0n) is 9.33. The predicted octanol–water partition coefficient (Wildman–Crippen LogP) is -2.44. The van der Waals surface area contributed by atoms with Gasteiger partial charge in [-0.1, -0.05) is 0 Å². The van der Waals surface area contributed by atoms with E-state index in [1.807, 2.05) is 0 Å². The van der Waals surface area contributed by atoms with Crippen LogP contribution < -0.4 is 5.32 Å². The molecular weight excluding hydrogens is 218 g/mol. The number of aliphatic hydroxyl groups is 4. The molecule has 0 saturated carbocycles. The van der Waals surface area contributed by atoms with Crippen LogP contribution >= 0.6 is 0 Å². The molecule has 7 nitrogen and oxygen atoms in total.